The lowest BCUT2D eigenvalue weighted by Crippen LogP contribution is -2.27. The van der Waals surface area contributed by atoms with Crippen molar-refractivity contribution >= 4 is 21.7 Å². The zero-order chi connectivity index (χ0) is 16.5. The van der Waals surface area contributed by atoms with Gasteiger partial charge in [-0.15, -0.1) is 0 Å². The Bertz CT molecular complexity index is 595. The first-order valence-corrected chi connectivity index (χ1v) is 9.03. The second-order valence-corrected chi connectivity index (χ2v) is 6.71. The van der Waals surface area contributed by atoms with Gasteiger partial charge in [0.2, 0.25) is 0 Å². The minimum Gasteiger partial charge on any atom is -0.299 e. The zero-order valence-electron chi connectivity index (χ0n) is 13.7. The smallest absolute Gasteiger partial charge is 0.164 e. The van der Waals surface area contributed by atoms with Crippen LogP contribution in [0.2, 0.25) is 0 Å². The number of ketones is 1. The lowest BCUT2D eigenvalue weighted by Gasteiger charge is -2.22. The quantitative estimate of drug-likeness (QED) is 0.554. The molecule has 0 saturated carbocycles. The van der Waals surface area contributed by atoms with E-state index in [1.165, 1.54) is 18.4 Å². The maximum Gasteiger partial charge on any atom is 0.164 e. The van der Waals surface area contributed by atoms with Crippen molar-refractivity contribution in [3.05, 3.63) is 70.2 Å². The molecule has 2 aromatic rings. The van der Waals surface area contributed by atoms with Crippen molar-refractivity contribution in [2.75, 3.05) is 13.1 Å². The molecule has 0 N–H and O–H groups in total. The first kappa shape index (κ1) is 17.9. The van der Waals surface area contributed by atoms with Gasteiger partial charge in [-0.1, -0.05) is 71.7 Å². The molecule has 2 aromatic carbocycles. The van der Waals surface area contributed by atoms with Crippen LogP contribution in [0.25, 0.3) is 0 Å². The van der Waals surface area contributed by atoms with E-state index in [2.05, 4.69) is 52.0 Å². The molecule has 0 spiro atoms. The summed E-state index contributed by atoms with van der Waals surface area (Å²) in [5.74, 6) is 0.215. The van der Waals surface area contributed by atoms with Gasteiger partial charge in [0, 0.05) is 29.5 Å². The maximum absolute atomic E-state index is 12.3. The fraction of sp³-hybridized carbons (Fsp3) is 0.350. The van der Waals surface area contributed by atoms with E-state index in [1.54, 1.807) is 0 Å². The Morgan fingerprint density at radius 2 is 1.70 bits per heavy atom. The fourth-order valence-corrected chi connectivity index (χ4v) is 2.80. The monoisotopic (exact) mass is 373 g/mol. The predicted octanol–water partition coefficient (Wildman–Crippen LogP) is 5.32. The van der Waals surface area contributed by atoms with Crippen molar-refractivity contribution in [3.8, 4) is 0 Å². The van der Waals surface area contributed by atoms with E-state index in [0.717, 1.165) is 29.7 Å². The van der Waals surface area contributed by atoms with Crippen LogP contribution in [0.3, 0.4) is 0 Å². The van der Waals surface area contributed by atoms with Crippen LogP contribution < -0.4 is 0 Å². The SMILES string of the molecule is CCCCN(CCC(=O)c1ccc(Br)cc1)Cc1ccccc1. The summed E-state index contributed by atoms with van der Waals surface area (Å²) in [6, 6.07) is 18.1. The largest absolute Gasteiger partial charge is 0.299 e. The molecule has 0 bridgehead atoms. The van der Waals surface area contributed by atoms with Crippen molar-refractivity contribution < 1.29 is 4.79 Å². The summed E-state index contributed by atoms with van der Waals surface area (Å²) in [5, 5.41) is 0. The number of carbonyl (C=O) groups excluding carboxylic acids is 1. The van der Waals surface area contributed by atoms with Crippen LogP contribution >= 0.6 is 15.9 Å². The van der Waals surface area contributed by atoms with Gasteiger partial charge in [0.05, 0.1) is 0 Å². The van der Waals surface area contributed by atoms with E-state index in [0.29, 0.717) is 6.42 Å². The molecule has 3 heteroatoms. The van der Waals surface area contributed by atoms with E-state index in [1.807, 2.05) is 30.3 Å². The third kappa shape index (κ3) is 6.28. The van der Waals surface area contributed by atoms with E-state index >= 15 is 0 Å². The highest BCUT2D eigenvalue weighted by atomic mass is 79.9. The van der Waals surface area contributed by atoms with E-state index < -0.39 is 0 Å². The standard InChI is InChI=1S/C20H24BrNO/c1-2-3-14-22(16-17-7-5-4-6-8-17)15-13-20(23)18-9-11-19(21)12-10-18/h4-12H,2-3,13-16H2,1H3. The molecule has 0 radical (unpaired) electrons. The summed E-state index contributed by atoms with van der Waals surface area (Å²) in [7, 11) is 0. The Morgan fingerprint density at radius 3 is 2.35 bits per heavy atom. The number of nitrogens with zero attached hydrogens (tertiary/aromatic N) is 1. The third-order valence-electron chi connectivity index (χ3n) is 3.90. The molecule has 122 valence electrons. The summed E-state index contributed by atoms with van der Waals surface area (Å²) in [6.07, 6.45) is 2.91. The molecule has 0 aliphatic carbocycles. The summed E-state index contributed by atoms with van der Waals surface area (Å²) in [4.78, 5) is 14.7. The average Bonchev–Trinajstić information content (AvgIpc) is 2.58. The average molecular weight is 374 g/mol. The first-order valence-electron chi connectivity index (χ1n) is 8.24. The van der Waals surface area contributed by atoms with Crippen molar-refractivity contribution in [2.24, 2.45) is 0 Å². The second-order valence-electron chi connectivity index (χ2n) is 5.80. The van der Waals surface area contributed by atoms with Crippen LogP contribution in [0.5, 0.6) is 0 Å². The van der Waals surface area contributed by atoms with Gasteiger partial charge in [0.25, 0.3) is 0 Å². The van der Waals surface area contributed by atoms with Gasteiger partial charge in [-0.25, -0.2) is 0 Å². The number of halogens is 1. The molecule has 0 aromatic heterocycles. The number of hydrogen-bond acceptors (Lipinski definition) is 2. The number of hydrogen-bond donors (Lipinski definition) is 0. The van der Waals surface area contributed by atoms with Gasteiger partial charge in [0.15, 0.2) is 5.78 Å². The summed E-state index contributed by atoms with van der Waals surface area (Å²) >= 11 is 3.40. The highest BCUT2D eigenvalue weighted by Gasteiger charge is 2.10. The Hall–Kier alpha value is -1.45. The molecule has 0 fully saturated rings. The lowest BCUT2D eigenvalue weighted by molar-refractivity contribution is 0.0961. The van der Waals surface area contributed by atoms with Crippen LogP contribution in [-0.2, 0) is 6.54 Å². The fourth-order valence-electron chi connectivity index (χ4n) is 2.53. The second kappa shape index (κ2) is 9.64. The molecule has 0 atom stereocenters. The Labute approximate surface area is 147 Å². The number of benzene rings is 2. The molecule has 0 heterocycles. The van der Waals surface area contributed by atoms with Gasteiger partial charge in [-0.3, -0.25) is 9.69 Å². The number of Topliss-reactive ketones (excluding diaryl/α,β-unsaturated/α-hetero) is 1. The minimum absolute atomic E-state index is 0.215. The highest BCUT2D eigenvalue weighted by molar-refractivity contribution is 9.10. The van der Waals surface area contributed by atoms with Crippen molar-refractivity contribution in [2.45, 2.75) is 32.7 Å². The zero-order valence-corrected chi connectivity index (χ0v) is 15.3. The van der Waals surface area contributed by atoms with Gasteiger partial charge in [-0.2, -0.15) is 0 Å². The van der Waals surface area contributed by atoms with Gasteiger partial charge < -0.3 is 0 Å². The molecule has 23 heavy (non-hydrogen) atoms. The molecular formula is C20H24BrNO. The number of unbranched alkanes of at least 4 members (excludes halogenated alkanes) is 1. The molecule has 0 aliphatic rings. The van der Waals surface area contributed by atoms with Crippen LogP contribution in [-0.4, -0.2) is 23.8 Å². The Balaban J connectivity index is 1.91. The molecule has 0 unspecified atom stereocenters. The minimum atomic E-state index is 0.215. The molecule has 2 rings (SSSR count). The molecule has 0 saturated heterocycles. The van der Waals surface area contributed by atoms with Crippen LogP contribution in [0, 0.1) is 0 Å². The third-order valence-corrected chi connectivity index (χ3v) is 4.43. The van der Waals surface area contributed by atoms with Crippen molar-refractivity contribution in [1.82, 2.24) is 4.90 Å². The maximum atomic E-state index is 12.3. The first-order chi connectivity index (χ1) is 11.2. The van der Waals surface area contributed by atoms with Crippen LogP contribution in [0.1, 0.15) is 42.1 Å². The predicted molar refractivity (Wildman–Crippen MR) is 99.7 cm³/mol. The van der Waals surface area contributed by atoms with E-state index in [4.69, 9.17) is 0 Å². The van der Waals surface area contributed by atoms with Crippen molar-refractivity contribution in [1.29, 1.82) is 0 Å². The summed E-state index contributed by atoms with van der Waals surface area (Å²) in [6.45, 7) is 4.96. The Morgan fingerprint density at radius 1 is 1.00 bits per heavy atom. The molecule has 0 aliphatic heterocycles. The molecule has 2 nitrogen and oxygen atoms in total. The van der Waals surface area contributed by atoms with Gasteiger partial charge in [-0.05, 0) is 30.7 Å². The highest BCUT2D eigenvalue weighted by Crippen LogP contribution is 2.13. The van der Waals surface area contributed by atoms with E-state index in [-0.39, 0.29) is 5.78 Å². The normalized spacial score (nSPS) is 10.9. The number of rotatable bonds is 9. The summed E-state index contributed by atoms with van der Waals surface area (Å²) in [5.41, 5.74) is 2.10. The molecular weight excluding hydrogens is 350 g/mol. The van der Waals surface area contributed by atoms with Gasteiger partial charge in [0.1, 0.15) is 0 Å². The number of carbonyl (C=O) groups is 1. The Kier molecular flexibility index (Phi) is 7.50. The molecule has 0 amide bonds. The van der Waals surface area contributed by atoms with Gasteiger partial charge >= 0.3 is 0 Å². The lowest BCUT2D eigenvalue weighted by atomic mass is 10.1. The van der Waals surface area contributed by atoms with Crippen molar-refractivity contribution in [3.63, 3.8) is 0 Å². The topological polar surface area (TPSA) is 20.3 Å². The van der Waals surface area contributed by atoms with Crippen LogP contribution in [0.15, 0.2) is 59.1 Å². The van der Waals surface area contributed by atoms with E-state index in [9.17, 15) is 4.79 Å². The summed E-state index contributed by atoms with van der Waals surface area (Å²) < 4.78 is 1.00. The van der Waals surface area contributed by atoms with Crippen LogP contribution in [0.4, 0.5) is 0 Å².